The van der Waals surface area contributed by atoms with E-state index in [0.29, 0.717) is 0 Å². The third kappa shape index (κ3) is 3.27. The van der Waals surface area contributed by atoms with Gasteiger partial charge in [0, 0.05) is 0 Å². The Kier molecular flexibility index (Phi) is 4.46. The second-order valence-corrected chi connectivity index (χ2v) is 5.27. The van der Waals surface area contributed by atoms with Gasteiger partial charge in [0.2, 0.25) is 0 Å². The highest BCUT2D eigenvalue weighted by Crippen LogP contribution is 2.36. The van der Waals surface area contributed by atoms with E-state index in [-0.39, 0.29) is 25.8 Å². The molecular formula is C11H7Cl2F2N3S. The van der Waals surface area contributed by atoms with Gasteiger partial charge in [-0.15, -0.1) is 0 Å². The molecule has 0 aliphatic carbocycles. The highest BCUT2D eigenvalue weighted by molar-refractivity contribution is 7.99. The van der Waals surface area contributed by atoms with Gasteiger partial charge >= 0.3 is 0 Å². The third-order valence-electron chi connectivity index (χ3n) is 2.13. The molecule has 2 aromatic rings. The van der Waals surface area contributed by atoms with Gasteiger partial charge < -0.3 is 5.43 Å². The average Bonchev–Trinajstić information content (AvgIpc) is 2.37. The van der Waals surface area contributed by atoms with Crippen molar-refractivity contribution in [1.82, 2.24) is 4.98 Å². The summed E-state index contributed by atoms with van der Waals surface area (Å²) >= 11 is 12.7. The van der Waals surface area contributed by atoms with Gasteiger partial charge in [-0.3, -0.25) is 0 Å². The maximum absolute atomic E-state index is 13.5. The van der Waals surface area contributed by atoms with Gasteiger partial charge in [-0.1, -0.05) is 35.0 Å². The lowest BCUT2D eigenvalue weighted by molar-refractivity contribution is 0.577. The van der Waals surface area contributed by atoms with Crippen LogP contribution < -0.4 is 11.3 Å². The molecule has 0 aliphatic rings. The van der Waals surface area contributed by atoms with Crippen LogP contribution in [0.3, 0.4) is 0 Å². The first-order chi connectivity index (χ1) is 9.01. The lowest BCUT2D eigenvalue weighted by Crippen LogP contribution is -2.09. The SMILES string of the molecule is NNc1nc(Sc2cc(F)ccc2F)c(Cl)cc1Cl. The van der Waals surface area contributed by atoms with Gasteiger partial charge in [-0.25, -0.2) is 19.6 Å². The molecule has 0 fully saturated rings. The average molecular weight is 322 g/mol. The standard InChI is InChI=1S/C11H7Cl2F2N3S/c12-6-4-7(13)11(17-10(6)18-16)19-9-3-5(14)1-2-8(9)15/h1-4H,16H2,(H,17,18). The zero-order chi connectivity index (χ0) is 14.0. The number of nitrogen functional groups attached to an aromatic ring is 1. The van der Waals surface area contributed by atoms with E-state index in [1.165, 1.54) is 6.07 Å². The lowest BCUT2D eigenvalue weighted by Gasteiger charge is -2.08. The first-order valence-corrected chi connectivity index (χ1v) is 6.54. The Morgan fingerprint density at radius 2 is 1.89 bits per heavy atom. The van der Waals surface area contributed by atoms with E-state index in [1.807, 2.05) is 0 Å². The minimum Gasteiger partial charge on any atom is -0.307 e. The molecule has 100 valence electrons. The molecule has 0 bridgehead atoms. The number of hydrogen-bond acceptors (Lipinski definition) is 4. The Bertz CT molecular complexity index is 625. The maximum Gasteiger partial charge on any atom is 0.160 e. The molecular weight excluding hydrogens is 315 g/mol. The molecule has 0 atom stereocenters. The van der Waals surface area contributed by atoms with E-state index in [1.54, 1.807) is 0 Å². The maximum atomic E-state index is 13.5. The van der Waals surface area contributed by atoms with Crippen LogP contribution in [0.1, 0.15) is 0 Å². The minimum atomic E-state index is -0.568. The van der Waals surface area contributed by atoms with Crippen molar-refractivity contribution in [3.05, 3.63) is 45.9 Å². The number of nitrogens with one attached hydrogen (secondary N) is 1. The Morgan fingerprint density at radius 1 is 1.16 bits per heavy atom. The summed E-state index contributed by atoms with van der Waals surface area (Å²) in [6.07, 6.45) is 0. The fraction of sp³-hybridized carbons (Fsp3) is 0. The third-order valence-corrected chi connectivity index (χ3v) is 3.86. The molecule has 8 heteroatoms. The molecule has 1 aromatic carbocycles. The quantitative estimate of drug-likeness (QED) is 0.660. The first-order valence-electron chi connectivity index (χ1n) is 4.97. The summed E-state index contributed by atoms with van der Waals surface area (Å²) < 4.78 is 26.6. The van der Waals surface area contributed by atoms with Crippen LogP contribution in [-0.2, 0) is 0 Å². The summed E-state index contributed by atoms with van der Waals surface area (Å²) in [6.45, 7) is 0. The summed E-state index contributed by atoms with van der Waals surface area (Å²) in [7, 11) is 0. The Morgan fingerprint density at radius 3 is 2.58 bits per heavy atom. The normalized spacial score (nSPS) is 10.6. The van der Waals surface area contributed by atoms with Gasteiger partial charge in [0.25, 0.3) is 0 Å². The second-order valence-electron chi connectivity index (χ2n) is 3.43. The largest absolute Gasteiger partial charge is 0.307 e. The predicted octanol–water partition coefficient (Wildman–Crippen LogP) is 4.10. The highest BCUT2D eigenvalue weighted by Gasteiger charge is 2.13. The van der Waals surface area contributed by atoms with E-state index in [0.717, 1.165) is 30.0 Å². The number of nitrogens with zero attached hydrogens (tertiary/aromatic N) is 1. The zero-order valence-corrected chi connectivity index (χ0v) is 11.6. The Balaban J connectivity index is 2.40. The van der Waals surface area contributed by atoms with Gasteiger partial charge in [-0.2, -0.15) is 0 Å². The van der Waals surface area contributed by atoms with Crippen molar-refractivity contribution >= 4 is 40.8 Å². The van der Waals surface area contributed by atoms with Crippen LogP contribution in [0.4, 0.5) is 14.6 Å². The van der Waals surface area contributed by atoms with E-state index in [4.69, 9.17) is 29.0 Å². The number of anilines is 1. The summed E-state index contributed by atoms with van der Waals surface area (Å²) in [5, 5.41) is 0.720. The fourth-order valence-electron chi connectivity index (χ4n) is 1.28. The number of benzene rings is 1. The number of halogens is 4. The molecule has 1 heterocycles. The van der Waals surface area contributed by atoms with Crippen molar-refractivity contribution in [3.8, 4) is 0 Å². The van der Waals surface area contributed by atoms with E-state index >= 15 is 0 Å². The molecule has 0 radical (unpaired) electrons. The van der Waals surface area contributed by atoms with Crippen molar-refractivity contribution in [2.24, 2.45) is 5.84 Å². The summed E-state index contributed by atoms with van der Waals surface area (Å²) in [5.41, 5.74) is 2.29. The van der Waals surface area contributed by atoms with Gasteiger partial charge in [-0.05, 0) is 24.3 Å². The van der Waals surface area contributed by atoms with Crippen LogP contribution >= 0.6 is 35.0 Å². The molecule has 0 saturated carbocycles. The molecule has 1 aromatic heterocycles. The van der Waals surface area contributed by atoms with Gasteiger partial charge in [0.1, 0.15) is 16.7 Å². The zero-order valence-electron chi connectivity index (χ0n) is 9.25. The van der Waals surface area contributed by atoms with Crippen LogP contribution in [0.2, 0.25) is 10.0 Å². The van der Waals surface area contributed by atoms with Crippen molar-refractivity contribution < 1.29 is 8.78 Å². The van der Waals surface area contributed by atoms with Gasteiger partial charge in [0.15, 0.2) is 5.82 Å². The predicted molar refractivity (Wildman–Crippen MR) is 72.5 cm³/mol. The van der Waals surface area contributed by atoms with E-state index < -0.39 is 11.6 Å². The molecule has 3 N–H and O–H groups in total. The fourth-order valence-corrected chi connectivity index (χ4v) is 2.65. The van der Waals surface area contributed by atoms with Crippen LogP contribution in [0.25, 0.3) is 0 Å². The topological polar surface area (TPSA) is 50.9 Å². The first kappa shape index (κ1) is 14.3. The molecule has 19 heavy (non-hydrogen) atoms. The number of hydrogen-bond donors (Lipinski definition) is 2. The monoisotopic (exact) mass is 321 g/mol. The Labute approximate surface area is 122 Å². The van der Waals surface area contributed by atoms with Crippen molar-refractivity contribution in [2.45, 2.75) is 9.92 Å². The number of rotatable bonds is 3. The Hall–Kier alpha value is -1.08. The second kappa shape index (κ2) is 5.92. The molecule has 0 saturated heterocycles. The summed E-state index contributed by atoms with van der Waals surface area (Å²) in [6, 6.07) is 4.54. The molecule has 0 unspecified atom stereocenters. The van der Waals surface area contributed by atoms with E-state index in [2.05, 4.69) is 10.4 Å². The molecule has 2 rings (SSSR count). The number of hydrazine groups is 1. The molecule has 0 spiro atoms. The van der Waals surface area contributed by atoms with E-state index in [9.17, 15) is 8.78 Å². The van der Waals surface area contributed by atoms with Crippen LogP contribution in [0.15, 0.2) is 34.2 Å². The van der Waals surface area contributed by atoms with Gasteiger partial charge in [0.05, 0.1) is 14.9 Å². The minimum absolute atomic E-state index is 0.0692. The van der Waals surface area contributed by atoms with Crippen molar-refractivity contribution in [1.29, 1.82) is 0 Å². The van der Waals surface area contributed by atoms with Crippen molar-refractivity contribution in [3.63, 3.8) is 0 Å². The molecule has 0 amide bonds. The lowest BCUT2D eigenvalue weighted by atomic mass is 10.3. The number of pyridine rings is 1. The summed E-state index contributed by atoms with van der Waals surface area (Å²) in [4.78, 5) is 4.10. The molecule has 3 nitrogen and oxygen atoms in total. The smallest absolute Gasteiger partial charge is 0.160 e. The number of nitrogens with two attached hydrogens (primary N) is 1. The van der Waals surface area contributed by atoms with Crippen LogP contribution in [0, 0.1) is 11.6 Å². The highest BCUT2D eigenvalue weighted by atomic mass is 35.5. The van der Waals surface area contributed by atoms with Crippen LogP contribution in [0.5, 0.6) is 0 Å². The van der Waals surface area contributed by atoms with Crippen LogP contribution in [-0.4, -0.2) is 4.98 Å². The summed E-state index contributed by atoms with van der Waals surface area (Å²) in [5.74, 6) is 4.32. The molecule has 0 aliphatic heterocycles. The van der Waals surface area contributed by atoms with Crippen molar-refractivity contribution in [2.75, 3.05) is 5.43 Å². The number of aromatic nitrogens is 1.